The first-order valence-corrected chi connectivity index (χ1v) is 21.7. The molecule has 3 heteroatoms. The van der Waals surface area contributed by atoms with E-state index in [1.165, 1.54) is 104 Å². The Bertz CT molecular complexity index is 3890. The van der Waals surface area contributed by atoms with Crippen molar-refractivity contribution < 1.29 is 0 Å². The summed E-state index contributed by atoms with van der Waals surface area (Å²) in [6.07, 6.45) is 0. The summed E-state index contributed by atoms with van der Waals surface area (Å²) < 4.78 is 7.20. The number of fused-ring (bicyclic) bond motifs is 9. The number of rotatable bonds is 6. The van der Waals surface area contributed by atoms with E-state index in [1.807, 2.05) is 0 Å². The van der Waals surface area contributed by atoms with Crippen LogP contribution in [0.5, 0.6) is 0 Å². The molecule has 0 saturated carbocycles. The summed E-state index contributed by atoms with van der Waals surface area (Å²) in [5.41, 5.74) is 17.9. The molecule has 3 nitrogen and oxygen atoms in total. The van der Waals surface area contributed by atoms with Gasteiger partial charge >= 0.3 is 0 Å². The van der Waals surface area contributed by atoms with Gasteiger partial charge in [0.2, 0.25) is 0 Å². The third kappa shape index (κ3) is 5.60. The summed E-state index contributed by atoms with van der Waals surface area (Å²) in [5, 5.41) is 7.46. The van der Waals surface area contributed by atoms with Gasteiger partial charge in [-0.3, -0.25) is 0 Å². The minimum Gasteiger partial charge on any atom is -0.309 e. The lowest BCUT2D eigenvalue weighted by atomic mass is 9.98. The van der Waals surface area contributed by atoms with E-state index < -0.39 is 0 Å². The molecule has 0 radical (unpaired) electrons. The van der Waals surface area contributed by atoms with Gasteiger partial charge in [-0.05, 0) is 130 Å². The molecule has 10 aromatic carbocycles. The standard InChI is InChI=1S/C60H39N3/c1-4-15-40(16-5-1)41-17-14-22-48(35-41)63-56-26-13-11-24-50(56)52-37-43(28-32-58(52)63)45-30-34-60-54(39-45)53-38-44(29-33-59(53)62(60)47-20-8-3-9-21-47)42-27-31-57-51(36-42)49-23-10-12-25-55(49)61(57)46-18-6-2-7-19-46/h1-39H. The predicted molar refractivity (Wildman–Crippen MR) is 266 cm³/mol. The van der Waals surface area contributed by atoms with Crippen molar-refractivity contribution in [2.45, 2.75) is 0 Å². The van der Waals surface area contributed by atoms with E-state index in [-0.39, 0.29) is 0 Å². The maximum atomic E-state index is 2.41. The summed E-state index contributed by atoms with van der Waals surface area (Å²) in [7, 11) is 0. The predicted octanol–water partition coefficient (Wildman–Crippen LogP) is 16.0. The molecule has 0 unspecified atom stereocenters. The number of hydrogen-bond donors (Lipinski definition) is 0. The average molecular weight is 802 g/mol. The SMILES string of the molecule is c1ccc(-c2cccc(-n3c4ccccc4c4cc(-c5ccc6c(c5)c5cc(-c7ccc8c(c7)c7ccccc7n8-c7ccccc7)ccc5n6-c5ccccc5)ccc43)c2)cc1. The zero-order valence-electron chi connectivity index (χ0n) is 34.4. The molecule has 0 fully saturated rings. The fraction of sp³-hybridized carbons (Fsp3) is 0. The van der Waals surface area contributed by atoms with E-state index in [2.05, 4.69) is 250 Å². The molecule has 13 aromatic rings. The molecule has 0 saturated heterocycles. The lowest BCUT2D eigenvalue weighted by molar-refractivity contribution is 1.18. The summed E-state index contributed by atoms with van der Waals surface area (Å²) in [6, 6.07) is 86.5. The van der Waals surface area contributed by atoms with Crippen molar-refractivity contribution in [2.75, 3.05) is 0 Å². The Hall–Kier alpha value is -8.40. The normalized spacial score (nSPS) is 11.8. The maximum absolute atomic E-state index is 2.41. The summed E-state index contributed by atoms with van der Waals surface area (Å²) in [6.45, 7) is 0. The highest BCUT2D eigenvalue weighted by Gasteiger charge is 2.18. The van der Waals surface area contributed by atoms with Crippen LogP contribution < -0.4 is 0 Å². The molecule has 0 bridgehead atoms. The Morgan fingerprint density at radius 1 is 0.175 bits per heavy atom. The lowest BCUT2D eigenvalue weighted by Gasteiger charge is -2.11. The highest BCUT2D eigenvalue weighted by Crippen LogP contribution is 2.41. The Morgan fingerprint density at radius 2 is 0.476 bits per heavy atom. The number of hydrogen-bond acceptors (Lipinski definition) is 0. The Morgan fingerprint density at radius 3 is 0.921 bits per heavy atom. The molecule has 63 heavy (non-hydrogen) atoms. The van der Waals surface area contributed by atoms with Gasteiger partial charge in [0.05, 0.1) is 33.1 Å². The summed E-state index contributed by atoms with van der Waals surface area (Å²) in [5.74, 6) is 0. The number of benzene rings is 10. The van der Waals surface area contributed by atoms with Crippen molar-refractivity contribution in [3.8, 4) is 50.4 Å². The van der Waals surface area contributed by atoms with Crippen LogP contribution >= 0.6 is 0 Å². The topological polar surface area (TPSA) is 14.8 Å². The van der Waals surface area contributed by atoms with Crippen molar-refractivity contribution in [1.82, 2.24) is 13.7 Å². The molecule has 0 spiro atoms. The molecule has 0 amide bonds. The first kappa shape index (κ1) is 35.4. The second kappa shape index (κ2) is 14.1. The van der Waals surface area contributed by atoms with Gasteiger partial charge in [-0.25, -0.2) is 0 Å². The molecule has 0 N–H and O–H groups in total. The van der Waals surface area contributed by atoms with Crippen LogP contribution in [-0.2, 0) is 0 Å². The third-order valence-electron chi connectivity index (χ3n) is 13.0. The Balaban J connectivity index is 0.975. The van der Waals surface area contributed by atoms with Gasteiger partial charge in [-0.15, -0.1) is 0 Å². The largest absolute Gasteiger partial charge is 0.309 e. The van der Waals surface area contributed by atoms with Gasteiger partial charge in [0.15, 0.2) is 0 Å². The number of nitrogens with zero attached hydrogens (tertiary/aromatic N) is 3. The first-order chi connectivity index (χ1) is 31.2. The van der Waals surface area contributed by atoms with Crippen molar-refractivity contribution in [2.24, 2.45) is 0 Å². The van der Waals surface area contributed by atoms with Crippen LogP contribution in [0, 0.1) is 0 Å². The van der Waals surface area contributed by atoms with E-state index in [0.717, 1.165) is 11.4 Å². The van der Waals surface area contributed by atoms with Crippen LogP contribution in [0.2, 0.25) is 0 Å². The average Bonchev–Trinajstić information content (AvgIpc) is 3.99. The molecular weight excluding hydrogens is 763 g/mol. The Labute approximate surface area is 364 Å². The van der Waals surface area contributed by atoms with Gasteiger partial charge in [-0.2, -0.15) is 0 Å². The number of aromatic nitrogens is 3. The minimum absolute atomic E-state index is 1.15. The molecule has 0 aliphatic carbocycles. The van der Waals surface area contributed by atoms with Gasteiger partial charge < -0.3 is 13.7 Å². The van der Waals surface area contributed by atoms with Crippen molar-refractivity contribution in [1.29, 1.82) is 0 Å². The van der Waals surface area contributed by atoms with E-state index in [0.29, 0.717) is 0 Å². The first-order valence-electron chi connectivity index (χ1n) is 21.7. The zero-order valence-corrected chi connectivity index (χ0v) is 34.4. The quantitative estimate of drug-likeness (QED) is 0.159. The van der Waals surface area contributed by atoms with E-state index >= 15 is 0 Å². The second-order valence-electron chi connectivity index (χ2n) is 16.6. The second-order valence-corrected chi connectivity index (χ2v) is 16.6. The summed E-state index contributed by atoms with van der Waals surface area (Å²) in [4.78, 5) is 0. The zero-order chi connectivity index (χ0) is 41.4. The van der Waals surface area contributed by atoms with Crippen LogP contribution in [0.4, 0.5) is 0 Å². The van der Waals surface area contributed by atoms with E-state index in [9.17, 15) is 0 Å². The minimum atomic E-state index is 1.15. The van der Waals surface area contributed by atoms with Crippen LogP contribution in [0.3, 0.4) is 0 Å². The molecule has 0 atom stereocenters. The van der Waals surface area contributed by atoms with Gasteiger partial charge in [0, 0.05) is 49.4 Å². The lowest BCUT2D eigenvalue weighted by Crippen LogP contribution is -1.94. The van der Waals surface area contributed by atoms with Crippen LogP contribution in [0.25, 0.3) is 116 Å². The smallest absolute Gasteiger partial charge is 0.0541 e. The van der Waals surface area contributed by atoms with Crippen LogP contribution in [0.1, 0.15) is 0 Å². The third-order valence-corrected chi connectivity index (χ3v) is 13.0. The molecule has 3 aromatic heterocycles. The van der Waals surface area contributed by atoms with Crippen molar-refractivity contribution >= 4 is 65.4 Å². The summed E-state index contributed by atoms with van der Waals surface area (Å²) >= 11 is 0. The van der Waals surface area contributed by atoms with Crippen LogP contribution in [0.15, 0.2) is 237 Å². The molecule has 294 valence electrons. The van der Waals surface area contributed by atoms with Gasteiger partial charge in [0.1, 0.15) is 0 Å². The van der Waals surface area contributed by atoms with E-state index in [4.69, 9.17) is 0 Å². The fourth-order valence-electron chi connectivity index (χ4n) is 10.1. The molecule has 0 aliphatic rings. The van der Waals surface area contributed by atoms with Gasteiger partial charge in [0.25, 0.3) is 0 Å². The monoisotopic (exact) mass is 801 g/mol. The molecule has 13 rings (SSSR count). The van der Waals surface area contributed by atoms with Crippen molar-refractivity contribution in [3.05, 3.63) is 237 Å². The van der Waals surface area contributed by atoms with Crippen LogP contribution in [-0.4, -0.2) is 13.7 Å². The molecule has 3 heterocycles. The number of para-hydroxylation sites is 4. The fourth-order valence-corrected chi connectivity index (χ4v) is 10.1. The highest BCUT2D eigenvalue weighted by molar-refractivity contribution is 6.14. The maximum Gasteiger partial charge on any atom is 0.0541 e. The van der Waals surface area contributed by atoms with Crippen molar-refractivity contribution in [3.63, 3.8) is 0 Å². The molecular formula is C60H39N3. The van der Waals surface area contributed by atoms with Gasteiger partial charge in [-0.1, -0.05) is 140 Å². The highest BCUT2D eigenvalue weighted by atomic mass is 15.0. The van der Waals surface area contributed by atoms with E-state index in [1.54, 1.807) is 0 Å². The molecule has 0 aliphatic heterocycles. The Kier molecular flexibility index (Phi) is 7.91.